The first-order chi connectivity index (χ1) is 9.00. The van der Waals surface area contributed by atoms with Crippen LogP contribution in [0.1, 0.15) is 25.3 Å². The second-order valence-electron chi connectivity index (χ2n) is 4.40. The Morgan fingerprint density at radius 2 is 2.11 bits per heavy atom. The molecule has 5 nitrogen and oxygen atoms in total. The molecule has 1 aliphatic heterocycles. The number of carbonyl (C=O) groups is 1. The molecular weight excluding hydrogens is 266 g/mol. The van der Waals surface area contributed by atoms with Crippen molar-refractivity contribution >= 4 is 29.0 Å². The predicted molar refractivity (Wildman–Crippen MR) is 74.0 cm³/mol. The van der Waals surface area contributed by atoms with Crippen LogP contribution in [-0.2, 0) is 16.1 Å². The molecule has 2 atom stereocenters. The van der Waals surface area contributed by atoms with Crippen LogP contribution in [0.15, 0.2) is 29.8 Å². The zero-order valence-electron chi connectivity index (χ0n) is 10.4. The summed E-state index contributed by atoms with van der Waals surface area (Å²) in [6, 6.07) is 6.99. The fourth-order valence-corrected chi connectivity index (χ4v) is 2.98. The van der Waals surface area contributed by atoms with Crippen LogP contribution in [0.4, 0.5) is 5.69 Å². The minimum Gasteiger partial charge on any atom is -0.481 e. The standard InChI is InChI=1S/C13H15NO4S/c1-9-10(6-7-13(15)16)8-11-4-2-3-5-12(11)14(9)19(17)18/h2-5,8-9H,6-7H2,1H3,(H,15,16)(H,17,18)/t9-/m1/s1. The van der Waals surface area contributed by atoms with Gasteiger partial charge in [-0.2, -0.15) is 0 Å². The van der Waals surface area contributed by atoms with Crippen molar-refractivity contribution in [3.05, 3.63) is 35.4 Å². The zero-order chi connectivity index (χ0) is 14.0. The summed E-state index contributed by atoms with van der Waals surface area (Å²) in [5.74, 6) is -0.872. The molecule has 1 aromatic rings. The molecule has 2 N–H and O–H groups in total. The molecule has 0 aromatic heterocycles. The van der Waals surface area contributed by atoms with Crippen molar-refractivity contribution < 1.29 is 18.7 Å². The second-order valence-corrected chi connectivity index (χ2v) is 5.26. The van der Waals surface area contributed by atoms with E-state index in [1.807, 2.05) is 24.3 Å². The monoisotopic (exact) mass is 281 g/mol. The second kappa shape index (κ2) is 5.54. The van der Waals surface area contributed by atoms with Gasteiger partial charge >= 0.3 is 5.97 Å². The van der Waals surface area contributed by atoms with E-state index in [0.29, 0.717) is 12.1 Å². The highest BCUT2D eigenvalue weighted by Crippen LogP contribution is 2.34. The number of para-hydroxylation sites is 1. The van der Waals surface area contributed by atoms with Gasteiger partial charge in [-0.1, -0.05) is 24.3 Å². The number of carboxylic acid groups (broad SMARTS) is 1. The van der Waals surface area contributed by atoms with Crippen LogP contribution in [-0.4, -0.2) is 25.9 Å². The lowest BCUT2D eigenvalue weighted by Crippen LogP contribution is -2.38. The van der Waals surface area contributed by atoms with Crippen molar-refractivity contribution in [1.29, 1.82) is 0 Å². The van der Waals surface area contributed by atoms with Crippen molar-refractivity contribution in [3.63, 3.8) is 0 Å². The van der Waals surface area contributed by atoms with Gasteiger partial charge in [0.1, 0.15) is 0 Å². The Labute approximate surface area is 114 Å². The highest BCUT2D eigenvalue weighted by atomic mass is 32.2. The maximum Gasteiger partial charge on any atom is 0.303 e. The van der Waals surface area contributed by atoms with Crippen molar-refractivity contribution in [2.45, 2.75) is 25.8 Å². The van der Waals surface area contributed by atoms with E-state index in [4.69, 9.17) is 5.11 Å². The van der Waals surface area contributed by atoms with E-state index in [9.17, 15) is 13.6 Å². The maximum atomic E-state index is 11.5. The summed E-state index contributed by atoms with van der Waals surface area (Å²) >= 11 is -2.13. The third-order valence-corrected chi connectivity index (χ3v) is 4.05. The highest BCUT2D eigenvalue weighted by Gasteiger charge is 2.28. The summed E-state index contributed by atoms with van der Waals surface area (Å²) in [6.07, 6.45) is 2.30. The Bertz CT molecular complexity index is 555. The quantitative estimate of drug-likeness (QED) is 0.830. The summed E-state index contributed by atoms with van der Waals surface area (Å²) in [6.45, 7) is 1.80. The number of nitrogens with zero attached hydrogens (tertiary/aromatic N) is 1. The van der Waals surface area contributed by atoms with Crippen molar-refractivity contribution in [1.82, 2.24) is 0 Å². The Morgan fingerprint density at radius 1 is 1.42 bits per heavy atom. The first-order valence-corrected chi connectivity index (χ1v) is 6.98. The van der Waals surface area contributed by atoms with E-state index in [1.54, 1.807) is 13.0 Å². The van der Waals surface area contributed by atoms with Gasteiger partial charge in [0.25, 0.3) is 11.3 Å². The summed E-state index contributed by atoms with van der Waals surface area (Å²) in [4.78, 5) is 10.7. The molecule has 0 saturated carbocycles. The van der Waals surface area contributed by atoms with Crippen LogP contribution in [0.5, 0.6) is 0 Å². The predicted octanol–water partition coefficient (Wildman–Crippen LogP) is 2.28. The minimum atomic E-state index is -2.13. The number of hydrogen-bond donors (Lipinski definition) is 2. The molecule has 1 aromatic carbocycles. The van der Waals surface area contributed by atoms with Crippen LogP contribution in [0.25, 0.3) is 6.08 Å². The molecule has 6 heteroatoms. The van der Waals surface area contributed by atoms with Crippen LogP contribution < -0.4 is 4.31 Å². The van der Waals surface area contributed by atoms with E-state index in [1.165, 1.54) is 4.31 Å². The molecule has 19 heavy (non-hydrogen) atoms. The summed E-state index contributed by atoms with van der Waals surface area (Å²) in [7, 11) is 0. The van der Waals surface area contributed by atoms with Gasteiger partial charge < -0.3 is 5.11 Å². The Hall–Kier alpha value is -1.66. The number of carboxylic acids is 1. The first kappa shape index (κ1) is 13.8. The van der Waals surface area contributed by atoms with Gasteiger partial charge in [0, 0.05) is 6.42 Å². The molecule has 0 amide bonds. The highest BCUT2D eigenvalue weighted by molar-refractivity contribution is 7.80. The van der Waals surface area contributed by atoms with Crippen LogP contribution in [0.2, 0.25) is 0 Å². The van der Waals surface area contributed by atoms with Gasteiger partial charge in [-0.3, -0.25) is 13.7 Å². The van der Waals surface area contributed by atoms with Crippen molar-refractivity contribution in [2.75, 3.05) is 4.31 Å². The summed E-state index contributed by atoms with van der Waals surface area (Å²) in [5.41, 5.74) is 2.38. The number of fused-ring (bicyclic) bond motifs is 1. The van der Waals surface area contributed by atoms with Gasteiger partial charge in [0.05, 0.1) is 11.7 Å². The lowest BCUT2D eigenvalue weighted by Gasteiger charge is -2.33. The normalized spacial score (nSPS) is 19.6. The summed E-state index contributed by atoms with van der Waals surface area (Å²) < 4.78 is 22.3. The molecule has 0 radical (unpaired) electrons. The Balaban J connectivity index is 2.39. The van der Waals surface area contributed by atoms with Gasteiger partial charge in [-0.05, 0) is 30.5 Å². The molecular formula is C13H15NO4S. The van der Waals surface area contributed by atoms with Crippen molar-refractivity contribution in [2.24, 2.45) is 0 Å². The smallest absolute Gasteiger partial charge is 0.303 e. The maximum absolute atomic E-state index is 11.5. The SMILES string of the molecule is C[C@@H]1C(CCC(=O)O)=Cc2ccccc2N1S(=O)O. The van der Waals surface area contributed by atoms with E-state index in [2.05, 4.69) is 0 Å². The fourth-order valence-electron chi connectivity index (χ4n) is 2.24. The number of aliphatic carboxylic acids is 1. The third kappa shape index (κ3) is 2.85. The first-order valence-electron chi connectivity index (χ1n) is 5.92. The number of rotatable bonds is 4. The van der Waals surface area contributed by atoms with Gasteiger partial charge in [0.2, 0.25) is 0 Å². The average Bonchev–Trinajstić information content (AvgIpc) is 2.35. The lowest BCUT2D eigenvalue weighted by atomic mass is 9.95. The van der Waals surface area contributed by atoms with Crippen LogP contribution >= 0.6 is 0 Å². The molecule has 1 aliphatic rings. The molecule has 0 spiro atoms. The Morgan fingerprint density at radius 3 is 2.74 bits per heavy atom. The van der Waals surface area contributed by atoms with E-state index in [0.717, 1.165) is 11.1 Å². The van der Waals surface area contributed by atoms with Gasteiger partial charge in [-0.25, -0.2) is 4.21 Å². The van der Waals surface area contributed by atoms with Crippen LogP contribution in [0.3, 0.4) is 0 Å². The zero-order valence-corrected chi connectivity index (χ0v) is 11.3. The van der Waals surface area contributed by atoms with Crippen molar-refractivity contribution in [3.8, 4) is 0 Å². The van der Waals surface area contributed by atoms with E-state index >= 15 is 0 Å². The van der Waals surface area contributed by atoms with Gasteiger partial charge in [-0.15, -0.1) is 0 Å². The molecule has 102 valence electrons. The molecule has 1 unspecified atom stereocenters. The third-order valence-electron chi connectivity index (χ3n) is 3.20. The number of benzene rings is 1. The molecule has 0 fully saturated rings. The summed E-state index contributed by atoms with van der Waals surface area (Å²) in [5, 5.41) is 8.75. The molecule has 2 rings (SSSR count). The minimum absolute atomic E-state index is 0.0181. The number of hydrogen-bond acceptors (Lipinski definition) is 2. The largest absolute Gasteiger partial charge is 0.481 e. The molecule has 0 bridgehead atoms. The lowest BCUT2D eigenvalue weighted by molar-refractivity contribution is -0.136. The molecule has 0 aliphatic carbocycles. The topological polar surface area (TPSA) is 77.8 Å². The fraction of sp³-hybridized carbons (Fsp3) is 0.308. The molecule has 0 saturated heterocycles. The van der Waals surface area contributed by atoms with Crippen LogP contribution in [0, 0.1) is 0 Å². The van der Waals surface area contributed by atoms with E-state index in [-0.39, 0.29) is 12.5 Å². The van der Waals surface area contributed by atoms with Gasteiger partial charge in [0.15, 0.2) is 0 Å². The van der Waals surface area contributed by atoms with E-state index < -0.39 is 17.2 Å². The average molecular weight is 281 g/mol. The molecule has 1 heterocycles. The Kier molecular flexibility index (Phi) is 4.01. The number of anilines is 1.